The summed E-state index contributed by atoms with van der Waals surface area (Å²) in [6, 6.07) is 15.2. The molecule has 150 valence electrons. The van der Waals surface area contributed by atoms with Crippen LogP contribution in [0.4, 0.5) is 17.2 Å². The Morgan fingerprint density at radius 3 is 2.31 bits per heavy atom. The zero-order chi connectivity index (χ0) is 20.6. The van der Waals surface area contributed by atoms with E-state index in [4.69, 9.17) is 4.74 Å². The number of rotatable bonds is 9. The number of hydrogen-bond acceptors (Lipinski definition) is 6. The van der Waals surface area contributed by atoms with Crippen molar-refractivity contribution in [3.8, 4) is 11.6 Å². The molecule has 7 heteroatoms. The normalized spacial score (nSPS) is 10.6. The minimum absolute atomic E-state index is 0.0893. The number of ether oxygens (including phenoxy) is 1. The summed E-state index contributed by atoms with van der Waals surface area (Å²) in [6.45, 7) is 4.21. The number of nitrogens with one attached hydrogen (secondary N) is 1. The summed E-state index contributed by atoms with van der Waals surface area (Å²) in [7, 11) is 0. The summed E-state index contributed by atoms with van der Waals surface area (Å²) in [5, 5.41) is 14.7. The smallest absolute Gasteiger partial charge is 0.373 e. The molecule has 1 N–H and O–H groups in total. The molecular weight excluding hydrogens is 368 g/mol. The van der Waals surface area contributed by atoms with Gasteiger partial charge in [0.15, 0.2) is 0 Å². The maximum absolute atomic E-state index is 11.7. The minimum Gasteiger partial charge on any atom is -0.434 e. The van der Waals surface area contributed by atoms with Crippen molar-refractivity contribution in [3.05, 3.63) is 76.1 Å². The molecule has 29 heavy (non-hydrogen) atoms. The van der Waals surface area contributed by atoms with Crippen LogP contribution in [0.2, 0.25) is 0 Å². The van der Waals surface area contributed by atoms with Gasteiger partial charge in [0.25, 0.3) is 0 Å². The summed E-state index contributed by atoms with van der Waals surface area (Å²) < 4.78 is 5.68. The zero-order valence-corrected chi connectivity index (χ0v) is 16.6. The topological polar surface area (TPSA) is 90.2 Å². The summed E-state index contributed by atoms with van der Waals surface area (Å²) >= 11 is 0. The molecule has 0 bridgehead atoms. The van der Waals surface area contributed by atoms with Gasteiger partial charge in [0, 0.05) is 5.69 Å². The van der Waals surface area contributed by atoms with Gasteiger partial charge in [0.05, 0.1) is 4.92 Å². The van der Waals surface area contributed by atoms with Crippen LogP contribution < -0.4 is 10.1 Å². The molecule has 0 spiro atoms. The molecule has 3 rings (SSSR count). The number of unbranched alkanes of at least 4 members (excludes halogenated alkanes) is 1. The van der Waals surface area contributed by atoms with Gasteiger partial charge in [-0.3, -0.25) is 10.1 Å². The fourth-order valence-electron chi connectivity index (χ4n) is 2.87. The van der Waals surface area contributed by atoms with Crippen LogP contribution in [0.1, 0.15) is 37.8 Å². The van der Waals surface area contributed by atoms with Crippen molar-refractivity contribution in [2.75, 3.05) is 5.32 Å². The lowest BCUT2D eigenvalue weighted by Gasteiger charge is -2.10. The van der Waals surface area contributed by atoms with Gasteiger partial charge < -0.3 is 10.1 Å². The van der Waals surface area contributed by atoms with E-state index in [2.05, 4.69) is 29.1 Å². The van der Waals surface area contributed by atoms with Crippen LogP contribution >= 0.6 is 0 Å². The average molecular weight is 392 g/mol. The van der Waals surface area contributed by atoms with Gasteiger partial charge >= 0.3 is 11.6 Å². The van der Waals surface area contributed by atoms with E-state index in [1.54, 1.807) is 12.1 Å². The summed E-state index contributed by atoms with van der Waals surface area (Å²) in [6.07, 6.45) is 5.43. The molecule has 0 atom stereocenters. The molecule has 0 saturated carbocycles. The molecule has 3 aromatic rings. The Bertz CT molecular complexity index is 957. The minimum atomic E-state index is -0.534. The highest BCUT2D eigenvalue weighted by molar-refractivity contribution is 5.68. The third-order valence-corrected chi connectivity index (χ3v) is 4.55. The summed E-state index contributed by atoms with van der Waals surface area (Å²) in [5.41, 5.74) is 2.79. The summed E-state index contributed by atoms with van der Waals surface area (Å²) in [5.74, 6) is 0.470. The first kappa shape index (κ1) is 20.3. The van der Waals surface area contributed by atoms with Crippen LogP contribution in [-0.2, 0) is 12.8 Å². The van der Waals surface area contributed by atoms with Crippen molar-refractivity contribution in [3.63, 3.8) is 0 Å². The van der Waals surface area contributed by atoms with Gasteiger partial charge in [-0.1, -0.05) is 44.5 Å². The molecule has 0 amide bonds. The van der Waals surface area contributed by atoms with Crippen LogP contribution in [0.3, 0.4) is 0 Å². The van der Waals surface area contributed by atoms with Crippen molar-refractivity contribution < 1.29 is 9.66 Å². The number of anilines is 2. The van der Waals surface area contributed by atoms with E-state index in [1.807, 2.05) is 36.4 Å². The number of aryl methyl sites for hydroxylation is 2. The second-order valence-electron chi connectivity index (χ2n) is 6.66. The van der Waals surface area contributed by atoms with E-state index >= 15 is 0 Å². The Morgan fingerprint density at radius 1 is 1.00 bits per heavy atom. The molecule has 0 fully saturated rings. The van der Waals surface area contributed by atoms with Crippen molar-refractivity contribution in [1.29, 1.82) is 0 Å². The number of aromatic nitrogens is 2. The highest BCUT2D eigenvalue weighted by atomic mass is 16.6. The van der Waals surface area contributed by atoms with E-state index in [9.17, 15) is 10.1 Å². The lowest BCUT2D eigenvalue weighted by atomic mass is 10.1. The van der Waals surface area contributed by atoms with Crippen LogP contribution in [0, 0.1) is 10.1 Å². The van der Waals surface area contributed by atoms with Gasteiger partial charge in [-0.2, -0.15) is 4.98 Å². The zero-order valence-electron chi connectivity index (χ0n) is 16.6. The van der Waals surface area contributed by atoms with E-state index < -0.39 is 4.92 Å². The molecule has 1 heterocycles. The first-order chi connectivity index (χ1) is 14.1. The van der Waals surface area contributed by atoms with E-state index in [-0.39, 0.29) is 17.4 Å². The lowest BCUT2D eigenvalue weighted by Crippen LogP contribution is -2.03. The lowest BCUT2D eigenvalue weighted by molar-refractivity contribution is -0.385. The Hall–Kier alpha value is -3.48. The predicted molar refractivity (Wildman–Crippen MR) is 113 cm³/mol. The average Bonchev–Trinajstić information content (AvgIpc) is 2.74. The summed E-state index contributed by atoms with van der Waals surface area (Å²) in [4.78, 5) is 19.2. The third kappa shape index (κ3) is 5.28. The van der Waals surface area contributed by atoms with Crippen LogP contribution in [0.25, 0.3) is 0 Å². The van der Waals surface area contributed by atoms with E-state index in [1.165, 1.54) is 11.9 Å². The van der Waals surface area contributed by atoms with Gasteiger partial charge in [0.1, 0.15) is 12.1 Å². The van der Waals surface area contributed by atoms with Crippen LogP contribution in [0.5, 0.6) is 11.6 Å². The number of nitrogens with zero attached hydrogens (tertiary/aromatic N) is 3. The largest absolute Gasteiger partial charge is 0.434 e. The molecule has 0 aliphatic carbocycles. The molecule has 0 saturated heterocycles. The standard InChI is InChI=1S/C22H24N4O3/c1-3-5-6-17-7-11-18(12-8-17)25-21-20(26(27)28)22(24-15-23-21)29-19-13-9-16(4-2)10-14-19/h7-15H,3-6H2,1-2H3,(H,23,24,25). The van der Waals surface area contributed by atoms with Crippen LogP contribution in [0.15, 0.2) is 54.9 Å². The monoisotopic (exact) mass is 392 g/mol. The second-order valence-corrected chi connectivity index (χ2v) is 6.66. The molecule has 1 aromatic heterocycles. The van der Waals surface area contributed by atoms with Gasteiger partial charge in [-0.25, -0.2) is 4.98 Å². The predicted octanol–water partition coefficient (Wildman–Crippen LogP) is 5.83. The SMILES string of the molecule is CCCCc1ccc(Nc2ncnc(Oc3ccc(CC)cc3)c2[N+](=O)[O-])cc1. The molecule has 0 unspecified atom stereocenters. The number of nitro groups is 1. The molecule has 0 aliphatic heterocycles. The van der Waals surface area contributed by atoms with Crippen LogP contribution in [-0.4, -0.2) is 14.9 Å². The number of hydrogen-bond donors (Lipinski definition) is 1. The fraction of sp³-hybridized carbons (Fsp3) is 0.273. The third-order valence-electron chi connectivity index (χ3n) is 4.55. The molecular formula is C22H24N4O3. The second kappa shape index (κ2) is 9.64. The Morgan fingerprint density at radius 2 is 1.69 bits per heavy atom. The fourth-order valence-corrected chi connectivity index (χ4v) is 2.87. The number of benzene rings is 2. The Labute approximate surface area is 169 Å². The van der Waals surface area contributed by atoms with Crippen molar-refractivity contribution >= 4 is 17.2 Å². The van der Waals surface area contributed by atoms with Gasteiger partial charge in [-0.15, -0.1) is 0 Å². The molecule has 2 aromatic carbocycles. The first-order valence-corrected chi connectivity index (χ1v) is 9.72. The Kier molecular flexibility index (Phi) is 6.73. The maximum Gasteiger partial charge on any atom is 0.373 e. The van der Waals surface area contributed by atoms with Gasteiger partial charge in [0.2, 0.25) is 5.82 Å². The first-order valence-electron chi connectivity index (χ1n) is 9.72. The Balaban J connectivity index is 1.83. The van der Waals surface area contributed by atoms with Gasteiger partial charge in [-0.05, 0) is 54.7 Å². The molecule has 0 aliphatic rings. The molecule has 0 radical (unpaired) electrons. The van der Waals surface area contributed by atoms with Crippen molar-refractivity contribution in [1.82, 2.24) is 9.97 Å². The van der Waals surface area contributed by atoms with Crippen molar-refractivity contribution in [2.45, 2.75) is 39.5 Å². The maximum atomic E-state index is 11.7. The highest BCUT2D eigenvalue weighted by Gasteiger charge is 2.25. The van der Waals surface area contributed by atoms with Crippen molar-refractivity contribution in [2.24, 2.45) is 0 Å². The highest BCUT2D eigenvalue weighted by Crippen LogP contribution is 2.35. The quantitative estimate of drug-likeness (QED) is 0.364. The van der Waals surface area contributed by atoms with E-state index in [0.717, 1.165) is 31.2 Å². The van der Waals surface area contributed by atoms with E-state index in [0.29, 0.717) is 11.4 Å². The molecule has 7 nitrogen and oxygen atoms in total.